The second kappa shape index (κ2) is 11.8. The molecule has 2 aromatic carbocycles. The molecule has 2 saturated heterocycles. The van der Waals surface area contributed by atoms with E-state index in [1.54, 1.807) is 21.6 Å². The van der Waals surface area contributed by atoms with E-state index in [0.717, 1.165) is 73.3 Å². The summed E-state index contributed by atoms with van der Waals surface area (Å²) in [6, 6.07) is 15.5. The average molecular weight is 479 g/mol. The molecule has 2 aliphatic rings. The van der Waals surface area contributed by atoms with Crippen LogP contribution in [-0.2, 0) is 0 Å². The summed E-state index contributed by atoms with van der Waals surface area (Å²) in [6.07, 6.45) is 0. The molecule has 2 heterocycles. The molecule has 0 bridgehead atoms. The standard InChI is InChI=1S/C22H26N4O2S2.ClH/c27-21(25-13-9-23-10-14-25)17-5-1-3-7-19(17)29-30-20-8-4-2-6-18(20)22(28)26-15-11-24-12-16-26;/h1-8,23-24H,9-16H2;1H. The Morgan fingerprint density at radius 3 is 1.39 bits per heavy atom. The maximum atomic E-state index is 13.0. The van der Waals surface area contributed by atoms with Crippen molar-refractivity contribution >= 4 is 45.8 Å². The van der Waals surface area contributed by atoms with Gasteiger partial charge in [-0.25, -0.2) is 0 Å². The topological polar surface area (TPSA) is 64.7 Å². The van der Waals surface area contributed by atoms with Crippen LogP contribution in [0.15, 0.2) is 58.3 Å². The lowest BCUT2D eigenvalue weighted by molar-refractivity contribution is 0.0725. The van der Waals surface area contributed by atoms with Gasteiger partial charge in [-0.05, 0) is 24.3 Å². The number of nitrogens with zero attached hydrogens (tertiary/aromatic N) is 2. The van der Waals surface area contributed by atoms with E-state index in [2.05, 4.69) is 10.6 Å². The third-order valence-corrected chi connectivity index (χ3v) is 7.75. The van der Waals surface area contributed by atoms with Crippen LogP contribution in [0, 0.1) is 0 Å². The number of carbonyl (C=O) groups excluding carboxylic acids is 2. The number of hydrogen-bond acceptors (Lipinski definition) is 6. The lowest BCUT2D eigenvalue weighted by Crippen LogP contribution is -2.46. The van der Waals surface area contributed by atoms with Gasteiger partial charge in [0.1, 0.15) is 0 Å². The fraction of sp³-hybridized carbons (Fsp3) is 0.364. The van der Waals surface area contributed by atoms with Gasteiger partial charge in [-0.1, -0.05) is 45.9 Å². The molecule has 0 aromatic heterocycles. The minimum atomic E-state index is 0. The minimum Gasteiger partial charge on any atom is -0.336 e. The molecule has 2 fully saturated rings. The van der Waals surface area contributed by atoms with Crippen LogP contribution in [0.2, 0.25) is 0 Å². The number of hydrogen-bond donors (Lipinski definition) is 2. The van der Waals surface area contributed by atoms with Crippen LogP contribution in [0.4, 0.5) is 0 Å². The van der Waals surface area contributed by atoms with Gasteiger partial charge in [0.05, 0.1) is 11.1 Å². The van der Waals surface area contributed by atoms with Crippen molar-refractivity contribution in [2.45, 2.75) is 9.79 Å². The predicted molar refractivity (Wildman–Crippen MR) is 129 cm³/mol. The van der Waals surface area contributed by atoms with Crippen molar-refractivity contribution in [2.75, 3.05) is 52.4 Å². The number of carbonyl (C=O) groups is 2. The molecule has 0 atom stereocenters. The summed E-state index contributed by atoms with van der Waals surface area (Å²) < 4.78 is 0. The highest BCUT2D eigenvalue weighted by Crippen LogP contribution is 2.41. The van der Waals surface area contributed by atoms with E-state index < -0.39 is 0 Å². The Hall–Kier alpha value is -1.71. The second-order valence-corrected chi connectivity index (χ2v) is 9.46. The molecular formula is C22H27ClN4O2S2. The highest BCUT2D eigenvalue weighted by molar-refractivity contribution is 8.76. The van der Waals surface area contributed by atoms with Crippen LogP contribution in [0.5, 0.6) is 0 Å². The Kier molecular flexibility index (Phi) is 9.10. The number of rotatable bonds is 5. The predicted octanol–water partition coefficient (Wildman–Crippen LogP) is 3.00. The summed E-state index contributed by atoms with van der Waals surface area (Å²) in [5.74, 6) is 0.149. The fourth-order valence-electron chi connectivity index (χ4n) is 3.60. The first kappa shape index (κ1) is 23.9. The van der Waals surface area contributed by atoms with Gasteiger partial charge in [-0.2, -0.15) is 0 Å². The van der Waals surface area contributed by atoms with Crippen LogP contribution in [0.25, 0.3) is 0 Å². The van der Waals surface area contributed by atoms with Gasteiger partial charge < -0.3 is 20.4 Å². The zero-order valence-corrected chi connectivity index (χ0v) is 19.7. The van der Waals surface area contributed by atoms with Gasteiger partial charge in [-0.15, -0.1) is 12.4 Å². The van der Waals surface area contributed by atoms with Crippen LogP contribution in [0.1, 0.15) is 20.7 Å². The number of piperazine rings is 2. The third-order valence-electron chi connectivity index (χ3n) is 5.26. The molecule has 0 spiro atoms. The molecule has 2 aromatic rings. The van der Waals surface area contributed by atoms with E-state index in [1.807, 2.05) is 58.3 Å². The average Bonchev–Trinajstić information content (AvgIpc) is 2.83. The molecular weight excluding hydrogens is 452 g/mol. The van der Waals surface area contributed by atoms with Crippen molar-refractivity contribution in [3.05, 3.63) is 59.7 Å². The van der Waals surface area contributed by atoms with Gasteiger partial charge >= 0.3 is 0 Å². The van der Waals surface area contributed by atoms with E-state index in [1.165, 1.54) is 0 Å². The third kappa shape index (κ3) is 5.96. The van der Waals surface area contributed by atoms with E-state index >= 15 is 0 Å². The molecule has 166 valence electrons. The van der Waals surface area contributed by atoms with E-state index in [-0.39, 0.29) is 24.2 Å². The van der Waals surface area contributed by atoms with E-state index in [4.69, 9.17) is 0 Å². The molecule has 2 N–H and O–H groups in total. The summed E-state index contributed by atoms with van der Waals surface area (Å²) in [5, 5.41) is 6.57. The largest absolute Gasteiger partial charge is 0.336 e. The fourth-order valence-corrected chi connectivity index (χ4v) is 5.95. The van der Waals surface area contributed by atoms with E-state index in [0.29, 0.717) is 0 Å². The van der Waals surface area contributed by atoms with E-state index in [9.17, 15) is 9.59 Å². The Bertz CT molecular complexity index is 829. The summed E-state index contributed by atoms with van der Waals surface area (Å²) >= 11 is 0. The van der Waals surface area contributed by atoms with Crippen molar-refractivity contribution in [3.8, 4) is 0 Å². The second-order valence-electron chi connectivity index (χ2n) is 7.24. The summed E-state index contributed by atoms with van der Waals surface area (Å²) in [4.78, 5) is 31.7. The molecule has 6 nitrogen and oxygen atoms in total. The molecule has 31 heavy (non-hydrogen) atoms. The van der Waals surface area contributed by atoms with Gasteiger partial charge in [0.25, 0.3) is 11.8 Å². The first-order valence-electron chi connectivity index (χ1n) is 10.3. The van der Waals surface area contributed by atoms with Crippen LogP contribution < -0.4 is 10.6 Å². The summed E-state index contributed by atoms with van der Waals surface area (Å²) in [5.41, 5.74) is 1.45. The Labute approximate surface area is 197 Å². The number of nitrogens with one attached hydrogen (secondary N) is 2. The smallest absolute Gasteiger partial charge is 0.255 e. The van der Waals surface area contributed by atoms with Gasteiger partial charge in [-0.3, -0.25) is 9.59 Å². The van der Waals surface area contributed by atoms with Crippen molar-refractivity contribution in [1.29, 1.82) is 0 Å². The van der Waals surface area contributed by atoms with Crippen LogP contribution in [0.3, 0.4) is 0 Å². The highest BCUT2D eigenvalue weighted by atomic mass is 35.5. The maximum Gasteiger partial charge on any atom is 0.255 e. The monoisotopic (exact) mass is 478 g/mol. The Balaban J connectivity index is 0.00000272. The normalized spacial score (nSPS) is 16.5. The summed E-state index contributed by atoms with van der Waals surface area (Å²) in [7, 11) is 3.08. The maximum absolute atomic E-state index is 13.0. The molecule has 0 saturated carbocycles. The van der Waals surface area contributed by atoms with Gasteiger partial charge in [0, 0.05) is 62.1 Å². The zero-order valence-electron chi connectivity index (χ0n) is 17.2. The van der Waals surface area contributed by atoms with Crippen molar-refractivity contribution in [3.63, 3.8) is 0 Å². The Morgan fingerprint density at radius 2 is 1.00 bits per heavy atom. The first-order chi connectivity index (χ1) is 14.7. The lowest BCUT2D eigenvalue weighted by atomic mass is 10.2. The number of amides is 2. The van der Waals surface area contributed by atoms with Gasteiger partial charge in [0.15, 0.2) is 0 Å². The molecule has 2 aliphatic heterocycles. The molecule has 9 heteroatoms. The SMILES string of the molecule is Cl.O=C(c1ccccc1SSc1ccccc1C(=O)N1CCNCC1)N1CCNCC1. The van der Waals surface area contributed by atoms with Crippen molar-refractivity contribution < 1.29 is 9.59 Å². The Morgan fingerprint density at radius 1 is 0.645 bits per heavy atom. The minimum absolute atomic E-state index is 0. The van der Waals surface area contributed by atoms with Crippen LogP contribution in [-0.4, -0.2) is 74.0 Å². The molecule has 4 rings (SSSR count). The highest BCUT2D eigenvalue weighted by Gasteiger charge is 2.23. The van der Waals surface area contributed by atoms with Crippen LogP contribution >= 0.6 is 34.0 Å². The number of halogens is 1. The molecule has 2 amide bonds. The molecule has 0 radical (unpaired) electrons. The zero-order chi connectivity index (χ0) is 20.8. The first-order valence-corrected chi connectivity index (χ1v) is 12.4. The lowest BCUT2D eigenvalue weighted by Gasteiger charge is -2.28. The molecule has 0 aliphatic carbocycles. The van der Waals surface area contributed by atoms with Crippen molar-refractivity contribution in [1.82, 2.24) is 20.4 Å². The molecule has 0 unspecified atom stereocenters. The summed E-state index contributed by atoms with van der Waals surface area (Å²) in [6.45, 7) is 6.24. The number of benzene rings is 2. The van der Waals surface area contributed by atoms with Crippen molar-refractivity contribution in [2.24, 2.45) is 0 Å². The quantitative estimate of drug-likeness (QED) is 0.644. The van der Waals surface area contributed by atoms with Gasteiger partial charge in [0.2, 0.25) is 0 Å².